The zero-order valence-corrected chi connectivity index (χ0v) is 7.61. The maximum absolute atomic E-state index is 10.5. The van der Waals surface area contributed by atoms with E-state index in [0.717, 1.165) is 0 Å². The van der Waals surface area contributed by atoms with Crippen molar-refractivity contribution >= 4 is 18.4 Å². The third-order valence-corrected chi connectivity index (χ3v) is 1.34. The topological polar surface area (TPSA) is 29.1 Å². The van der Waals surface area contributed by atoms with E-state index in [1.54, 1.807) is 6.92 Å². The first kappa shape index (κ1) is 9.98. The molecule has 3 heteroatoms. The van der Waals surface area contributed by atoms with Crippen molar-refractivity contribution in [3.63, 3.8) is 0 Å². The number of hydrogen-bond acceptors (Lipinski definition) is 3. The average molecular weight is 161 g/mol. The highest BCUT2D eigenvalue weighted by molar-refractivity contribution is 7.80. The molecule has 0 saturated carbocycles. The van der Waals surface area contributed by atoms with Crippen LogP contribution in [0.4, 0.5) is 0 Å². The number of carbonyl (C=O) groups is 1. The van der Waals surface area contributed by atoms with Gasteiger partial charge in [0.1, 0.15) is 5.78 Å². The van der Waals surface area contributed by atoms with Crippen molar-refractivity contribution in [3.8, 4) is 0 Å². The van der Waals surface area contributed by atoms with Gasteiger partial charge >= 0.3 is 0 Å². The minimum absolute atomic E-state index is 0.0116. The molecule has 0 amide bonds. The predicted molar refractivity (Wildman–Crippen MR) is 46.3 cm³/mol. The second-order valence-corrected chi connectivity index (χ2v) is 3.37. The second-order valence-electron chi connectivity index (χ2n) is 2.74. The van der Waals surface area contributed by atoms with Crippen LogP contribution in [0.15, 0.2) is 0 Å². The van der Waals surface area contributed by atoms with E-state index >= 15 is 0 Å². The van der Waals surface area contributed by atoms with E-state index in [0.29, 0.717) is 12.5 Å². The van der Waals surface area contributed by atoms with Crippen molar-refractivity contribution in [2.45, 2.75) is 38.6 Å². The third-order valence-electron chi connectivity index (χ3n) is 1.01. The fraction of sp³-hybridized carbons (Fsp3) is 0.857. The van der Waals surface area contributed by atoms with Gasteiger partial charge in [-0.05, 0) is 20.8 Å². The molecule has 0 radical (unpaired) electrons. The maximum atomic E-state index is 10.5. The molecule has 0 aromatic rings. The largest absolute Gasteiger partial charge is 0.303 e. The summed E-state index contributed by atoms with van der Waals surface area (Å²) < 4.78 is 0. The Morgan fingerprint density at radius 2 is 2.10 bits per heavy atom. The van der Waals surface area contributed by atoms with Crippen LogP contribution in [0.2, 0.25) is 0 Å². The van der Waals surface area contributed by atoms with Gasteiger partial charge in [-0.2, -0.15) is 12.6 Å². The van der Waals surface area contributed by atoms with Crippen LogP contribution in [0, 0.1) is 0 Å². The third kappa shape index (κ3) is 6.11. The molecule has 1 N–H and O–H groups in total. The second kappa shape index (κ2) is 4.74. The first-order valence-corrected chi connectivity index (χ1v) is 3.97. The lowest BCUT2D eigenvalue weighted by molar-refractivity contribution is -0.117. The summed E-state index contributed by atoms with van der Waals surface area (Å²) in [4.78, 5) is 10.5. The maximum Gasteiger partial charge on any atom is 0.132 e. The Morgan fingerprint density at radius 3 is 2.40 bits per heavy atom. The van der Waals surface area contributed by atoms with Crippen molar-refractivity contribution in [2.24, 2.45) is 0 Å². The molecule has 0 aromatic carbocycles. The van der Waals surface area contributed by atoms with Crippen molar-refractivity contribution in [1.82, 2.24) is 5.32 Å². The summed E-state index contributed by atoms with van der Waals surface area (Å²) in [6.07, 6.45) is 0.501. The molecule has 60 valence electrons. The molecule has 0 spiro atoms. The van der Waals surface area contributed by atoms with E-state index in [1.165, 1.54) is 0 Å². The van der Waals surface area contributed by atoms with E-state index in [2.05, 4.69) is 17.9 Å². The van der Waals surface area contributed by atoms with Crippen molar-refractivity contribution in [2.75, 3.05) is 0 Å². The summed E-state index contributed by atoms with van der Waals surface area (Å²) in [5.74, 6) is 0.174. The van der Waals surface area contributed by atoms with Crippen LogP contribution in [0.1, 0.15) is 27.2 Å². The average Bonchev–Trinajstić information content (AvgIpc) is 1.58. The summed E-state index contributed by atoms with van der Waals surface area (Å²) >= 11 is 4.18. The Morgan fingerprint density at radius 1 is 1.60 bits per heavy atom. The zero-order valence-electron chi connectivity index (χ0n) is 6.72. The summed E-state index contributed by atoms with van der Waals surface area (Å²) in [6.45, 7) is 5.64. The van der Waals surface area contributed by atoms with Crippen LogP contribution in [0.5, 0.6) is 0 Å². The van der Waals surface area contributed by atoms with E-state index in [4.69, 9.17) is 0 Å². The predicted octanol–water partition coefficient (Wildman–Crippen LogP) is 1.22. The van der Waals surface area contributed by atoms with Gasteiger partial charge in [-0.3, -0.25) is 4.79 Å². The van der Waals surface area contributed by atoms with Gasteiger partial charge in [0.25, 0.3) is 0 Å². The fourth-order valence-corrected chi connectivity index (χ4v) is 1.27. The standard InChI is InChI=1S/C7H15NOS/c1-5(2)8-7(10)4-6(3)9/h5,7-8,10H,4H2,1-3H3. The number of ketones is 1. The molecule has 0 aromatic heterocycles. The summed E-state index contributed by atoms with van der Waals surface area (Å²) in [7, 11) is 0. The lowest BCUT2D eigenvalue weighted by Crippen LogP contribution is -2.31. The lowest BCUT2D eigenvalue weighted by atomic mass is 10.3. The van der Waals surface area contributed by atoms with E-state index in [9.17, 15) is 4.79 Å². The Kier molecular flexibility index (Phi) is 4.73. The Balaban J connectivity index is 3.43. The van der Waals surface area contributed by atoms with Gasteiger partial charge in [0.05, 0.1) is 5.37 Å². The number of carbonyl (C=O) groups excluding carboxylic acids is 1. The normalized spacial score (nSPS) is 13.7. The van der Waals surface area contributed by atoms with Gasteiger partial charge in [-0.25, -0.2) is 0 Å². The van der Waals surface area contributed by atoms with E-state index in [-0.39, 0.29) is 11.2 Å². The van der Waals surface area contributed by atoms with Crippen molar-refractivity contribution < 1.29 is 4.79 Å². The first-order chi connectivity index (χ1) is 4.52. The number of Topliss-reactive ketones (excluding diaryl/α,β-unsaturated/α-hetero) is 1. The number of hydrogen-bond donors (Lipinski definition) is 2. The van der Waals surface area contributed by atoms with Gasteiger partial charge in [0.2, 0.25) is 0 Å². The monoisotopic (exact) mass is 161 g/mol. The molecular weight excluding hydrogens is 146 g/mol. The zero-order chi connectivity index (χ0) is 8.15. The molecule has 2 nitrogen and oxygen atoms in total. The number of rotatable bonds is 4. The Bertz CT molecular complexity index is 114. The summed E-state index contributed by atoms with van der Waals surface area (Å²) in [5.41, 5.74) is 0. The molecule has 10 heavy (non-hydrogen) atoms. The van der Waals surface area contributed by atoms with Gasteiger partial charge in [0, 0.05) is 12.5 Å². The Hall–Kier alpha value is -0.0200. The van der Waals surface area contributed by atoms with Gasteiger partial charge in [-0.15, -0.1) is 0 Å². The van der Waals surface area contributed by atoms with Crippen LogP contribution in [0.3, 0.4) is 0 Å². The molecule has 1 atom stereocenters. The molecule has 0 aliphatic carbocycles. The number of nitrogens with one attached hydrogen (secondary N) is 1. The summed E-state index contributed by atoms with van der Waals surface area (Å²) in [6, 6.07) is 0.391. The minimum atomic E-state index is 0.0116. The van der Waals surface area contributed by atoms with Gasteiger partial charge < -0.3 is 5.32 Å². The lowest BCUT2D eigenvalue weighted by Gasteiger charge is -2.13. The van der Waals surface area contributed by atoms with E-state index < -0.39 is 0 Å². The van der Waals surface area contributed by atoms with Crippen LogP contribution in [0.25, 0.3) is 0 Å². The smallest absolute Gasteiger partial charge is 0.132 e. The van der Waals surface area contributed by atoms with Crippen LogP contribution in [-0.4, -0.2) is 17.2 Å². The van der Waals surface area contributed by atoms with Crippen LogP contribution < -0.4 is 5.32 Å². The summed E-state index contributed by atoms with van der Waals surface area (Å²) in [5, 5.41) is 3.13. The van der Waals surface area contributed by atoms with Crippen molar-refractivity contribution in [1.29, 1.82) is 0 Å². The molecular formula is C7H15NOS. The highest BCUT2D eigenvalue weighted by atomic mass is 32.1. The minimum Gasteiger partial charge on any atom is -0.303 e. The van der Waals surface area contributed by atoms with E-state index in [1.807, 2.05) is 13.8 Å². The molecule has 1 unspecified atom stereocenters. The number of thiol groups is 1. The van der Waals surface area contributed by atoms with Gasteiger partial charge in [0.15, 0.2) is 0 Å². The Labute approximate surface area is 67.8 Å². The van der Waals surface area contributed by atoms with Crippen LogP contribution in [-0.2, 0) is 4.79 Å². The van der Waals surface area contributed by atoms with Gasteiger partial charge in [-0.1, -0.05) is 0 Å². The molecule has 0 aliphatic heterocycles. The molecule has 0 rings (SSSR count). The SMILES string of the molecule is CC(=O)CC(S)NC(C)C. The quantitative estimate of drug-likeness (QED) is 0.479. The molecule has 0 fully saturated rings. The fourth-order valence-electron chi connectivity index (χ4n) is 0.716. The molecule has 0 bridgehead atoms. The first-order valence-electron chi connectivity index (χ1n) is 3.46. The molecule has 0 heterocycles. The van der Waals surface area contributed by atoms with Crippen molar-refractivity contribution in [3.05, 3.63) is 0 Å². The highest BCUT2D eigenvalue weighted by Crippen LogP contribution is 1.98. The molecule has 0 aliphatic rings. The van der Waals surface area contributed by atoms with Crippen LogP contribution >= 0.6 is 12.6 Å². The molecule has 0 saturated heterocycles. The highest BCUT2D eigenvalue weighted by Gasteiger charge is 2.05.